The summed E-state index contributed by atoms with van der Waals surface area (Å²) >= 11 is 0. The molecule has 44 heavy (non-hydrogen) atoms. The van der Waals surface area contributed by atoms with Gasteiger partial charge >= 0.3 is 5.97 Å². The number of rotatable bonds is 4. The average molecular weight is 696 g/mol. The molecule has 0 saturated carbocycles. The molecular weight excluding hydrogens is 651 g/mol. The summed E-state index contributed by atoms with van der Waals surface area (Å²) in [6.07, 6.45) is 5.18. The van der Waals surface area contributed by atoms with Crippen molar-refractivity contribution in [1.82, 2.24) is 15.0 Å². The van der Waals surface area contributed by atoms with E-state index in [4.69, 9.17) is 14.9 Å². The average Bonchev–Trinajstić information content (AvgIpc) is 3.61. The zero-order valence-electron chi connectivity index (χ0n) is 26.7. The van der Waals surface area contributed by atoms with Crippen molar-refractivity contribution in [3.8, 4) is 0 Å². The summed E-state index contributed by atoms with van der Waals surface area (Å²) in [5.41, 5.74) is 11.0. The first-order valence-electron chi connectivity index (χ1n) is 15.0. The summed E-state index contributed by atoms with van der Waals surface area (Å²) in [5, 5.41) is 16.3. The zero-order chi connectivity index (χ0) is 31.8. The second kappa shape index (κ2) is 16.5. The number of carboxylic acid groups (broad SMARTS) is 2. The molecule has 2 aromatic rings. The molecule has 3 aliphatic rings. The van der Waals surface area contributed by atoms with Gasteiger partial charge in [0.25, 0.3) is 6.47 Å². The van der Waals surface area contributed by atoms with Gasteiger partial charge in [0, 0.05) is 91.4 Å². The molecule has 8 bridgehead atoms. The van der Waals surface area contributed by atoms with Crippen LogP contribution < -0.4 is 4.57 Å². The molecule has 0 aliphatic carbocycles. The van der Waals surface area contributed by atoms with E-state index >= 15 is 0 Å². The molecule has 0 saturated heterocycles. The summed E-state index contributed by atoms with van der Waals surface area (Å²) in [5.74, 6) is -0.430. The molecule has 9 nitrogen and oxygen atoms in total. The van der Waals surface area contributed by atoms with Gasteiger partial charge in [0.05, 0.1) is 11.6 Å². The van der Waals surface area contributed by atoms with Crippen molar-refractivity contribution in [2.45, 2.75) is 91.9 Å². The monoisotopic (exact) mass is 695 g/mol. The fourth-order valence-corrected chi connectivity index (χ4v) is 6.08. The predicted octanol–water partition coefficient (Wildman–Crippen LogP) is 5.95. The van der Waals surface area contributed by atoms with Crippen molar-refractivity contribution in [3.63, 3.8) is 0 Å². The second-order valence-electron chi connectivity index (χ2n) is 11.1. The van der Waals surface area contributed by atoms with Gasteiger partial charge in [-0.1, -0.05) is 20.8 Å². The molecular formula is C34H45N4O5Pd+. The molecule has 10 heteroatoms. The molecule has 4 N–H and O–H groups in total. The summed E-state index contributed by atoms with van der Waals surface area (Å²) < 4.78 is 2.27. The Morgan fingerprint density at radius 3 is 2.41 bits per heavy atom. The molecule has 5 rings (SSSR count). The number of allylic oxidation sites excluding steroid dienone is 2. The number of carbonyl (C=O) groups is 3. The van der Waals surface area contributed by atoms with Crippen LogP contribution in [0.5, 0.6) is 0 Å². The summed E-state index contributed by atoms with van der Waals surface area (Å²) in [4.78, 5) is 45.2. The Bertz CT molecular complexity index is 1600. The maximum absolute atomic E-state index is 13.2. The van der Waals surface area contributed by atoms with Gasteiger partial charge in [-0.05, 0) is 69.4 Å². The largest absolute Gasteiger partial charge is 0.483 e. The summed E-state index contributed by atoms with van der Waals surface area (Å²) in [6.45, 7) is 12.0. The quantitative estimate of drug-likeness (QED) is 0.177. The normalized spacial score (nSPS) is 16.4. The molecule has 2 atom stereocenters. The predicted molar refractivity (Wildman–Crippen MR) is 168 cm³/mol. The van der Waals surface area contributed by atoms with Gasteiger partial charge in [-0.3, -0.25) is 19.4 Å². The van der Waals surface area contributed by atoms with Crippen LogP contribution in [0, 0.1) is 13.8 Å². The number of aliphatic carboxylic acids is 1. The van der Waals surface area contributed by atoms with Crippen LogP contribution in [0.4, 0.5) is 0 Å². The first-order valence-corrected chi connectivity index (χ1v) is 15.0. The zero-order valence-corrected chi connectivity index (χ0v) is 28.2. The van der Waals surface area contributed by atoms with Crippen molar-refractivity contribution in [2.24, 2.45) is 7.05 Å². The minimum atomic E-state index is -0.812. The molecule has 0 radical (unpaired) electrons. The SMILES string of the molecule is CC.CCC1Cc2cc3cc(C)c(cc4[nH]c(c5c(C)nc(cc1[n+]2C)C(C)=CC(=O)C5)C(CCC(=O)O)C4)[nH]3.O=CO.[Pd]. The Hall–Kier alpha value is -3.61. The number of ketones is 1. The van der Waals surface area contributed by atoms with E-state index in [2.05, 4.69) is 59.7 Å². The number of fused-ring (bicyclic) bond motifs is 10. The van der Waals surface area contributed by atoms with Crippen molar-refractivity contribution in [1.29, 1.82) is 0 Å². The number of aromatic amines is 2. The van der Waals surface area contributed by atoms with E-state index in [1.54, 1.807) is 6.08 Å². The molecule has 0 aromatic carbocycles. The number of nitrogens with zero attached hydrogens (tertiary/aromatic N) is 2. The van der Waals surface area contributed by atoms with Crippen LogP contribution in [0.25, 0.3) is 16.6 Å². The van der Waals surface area contributed by atoms with Crippen molar-refractivity contribution in [3.05, 3.63) is 75.6 Å². The molecule has 0 fully saturated rings. The van der Waals surface area contributed by atoms with Gasteiger partial charge in [-0.2, -0.15) is 0 Å². The van der Waals surface area contributed by atoms with Crippen molar-refractivity contribution in [2.75, 3.05) is 0 Å². The topological polar surface area (TPSA) is 140 Å². The third-order valence-corrected chi connectivity index (χ3v) is 8.24. The van der Waals surface area contributed by atoms with E-state index in [0.29, 0.717) is 18.8 Å². The van der Waals surface area contributed by atoms with E-state index in [9.17, 15) is 14.7 Å². The van der Waals surface area contributed by atoms with Gasteiger partial charge in [0.1, 0.15) is 7.05 Å². The van der Waals surface area contributed by atoms with Crippen LogP contribution in [-0.2, 0) is 61.1 Å². The van der Waals surface area contributed by atoms with Crippen LogP contribution in [0.2, 0.25) is 0 Å². The van der Waals surface area contributed by atoms with Gasteiger partial charge < -0.3 is 20.2 Å². The van der Waals surface area contributed by atoms with E-state index in [1.807, 2.05) is 27.7 Å². The number of H-pyrrole nitrogens is 2. The Morgan fingerprint density at radius 1 is 1.09 bits per heavy atom. The second-order valence-corrected chi connectivity index (χ2v) is 11.1. The van der Waals surface area contributed by atoms with Crippen LogP contribution in [-0.4, -0.2) is 43.4 Å². The third-order valence-electron chi connectivity index (χ3n) is 8.24. The number of hydrogen-bond donors (Lipinski definition) is 4. The summed E-state index contributed by atoms with van der Waals surface area (Å²) in [6, 6.07) is 8.69. The van der Waals surface area contributed by atoms with Gasteiger partial charge in [-0.15, -0.1) is 0 Å². The van der Waals surface area contributed by atoms with Crippen LogP contribution >= 0.6 is 0 Å². The molecule has 2 unspecified atom stereocenters. The minimum Gasteiger partial charge on any atom is -0.483 e. The first-order chi connectivity index (χ1) is 20.5. The van der Waals surface area contributed by atoms with E-state index in [0.717, 1.165) is 63.4 Å². The number of nitrogens with one attached hydrogen (secondary N) is 2. The Kier molecular flexibility index (Phi) is 13.7. The standard InChI is InChI=1S/C31H36N4O3.C2H6.CH2O2.Pd/c1-6-20-12-24-13-22-9-17(2)27(33-22)14-23-11-21(7-8-30(37)38)31(34-23)26-15-25(36)10-18(3)28(32-19(26)4)16-29(20)35(24)5;1-2;2-1-3;/h9-10,13-14,16,20-21H,6-8,11-12,15H2,1-5H3,(H2,33,36,37,38);1-2H3;1H,(H,2,3);/p+1. The number of aromatic nitrogens is 4. The van der Waals surface area contributed by atoms with Crippen molar-refractivity contribution < 1.29 is 49.6 Å². The number of hydrogen-bond acceptors (Lipinski definition) is 4. The maximum atomic E-state index is 13.2. The van der Waals surface area contributed by atoms with Crippen molar-refractivity contribution >= 4 is 34.8 Å². The number of carboxylic acids is 1. The number of aryl methyl sites for hydroxylation is 2. The van der Waals surface area contributed by atoms with Gasteiger partial charge in [0.15, 0.2) is 17.2 Å². The molecule has 5 heterocycles. The van der Waals surface area contributed by atoms with Crippen LogP contribution in [0.3, 0.4) is 0 Å². The Balaban J connectivity index is 0.00000106. The van der Waals surface area contributed by atoms with Gasteiger partial charge in [0.2, 0.25) is 0 Å². The maximum Gasteiger partial charge on any atom is 0.303 e. The van der Waals surface area contributed by atoms with Crippen LogP contribution in [0.1, 0.15) is 104 Å². The fourth-order valence-electron chi connectivity index (χ4n) is 6.08. The number of carbonyl (C=O) groups excluding carboxylic acids is 1. The Morgan fingerprint density at radius 2 is 1.77 bits per heavy atom. The molecule has 240 valence electrons. The molecule has 0 amide bonds. The molecule has 2 aromatic heterocycles. The molecule has 3 aliphatic heterocycles. The van der Waals surface area contributed by atoms with E-state index < -0.39 is 5.97 Å². The van der Waals surface area contributed by atoms with E-state index in [-0.39, 0.29) is 51.4 Å². The third kappa shape index (κ3) is 8.52. The minimum absolute atomic E-state index is 0. The van der Waals surface area contributed by atoms with Crippen LogP contribution in [0.15, 0.2) is 30.3 Å². The van der Waals surface area contributed by atoms with Gasteiger partial charge in [-0.25, -0.2) is 4.57 Å². The smallest absolute Gasteiger partial charge is 0.303 e. The molecule has 0 spiro atoms. The Labute approximate surface area is 273 Å². The first kappa shape index (κ1) is 36.6. The van der Waals surface area contributed by atoms with E-state index in [1.165, 1.54) is 11.4 Å². The summed E-state index contributed by atoms with van der Waals surface area (Å²) in [7, 11) is 2.12. The fraction of sp³-hybridized carbons (Fsp3) is 0.441.